The van der Waals surface area contributed by atoms with Gasteiger partial charge >= 0.3 is 17.9 Å². The van der Waals surface area contributed by atoms with Crippen molar-refractivity contribution in [1.82, 2.24) is 0 Å². The zero-order valence-corrected chi connectivity index (χ0v) is 54.4. The van der Waals surface area contributed by atoms with Crippen molar-refractivity contribution in [2.75, 3.05) is 13.2 Å². The molecular weight excluding hydrogens is 1020 g/mol. The monoisotopic (exact) mass is 1150 g/mol. The van der Waals surface area contributed by atoms with E-state index in [1.54, 1.807) is 0 Å². The van der Waals surface area contributed by atoms with E-state index in [4.69, 9.17) is 14.2 Å². The van der Waals surface area contributed by atoms with E-state index in [1.807, 2.05) is 0 Å². The van der Waals surface area contributed by atoms with Crippen LogP contribution in [0.5, 0.6) is 0 Å². The van der Waals surface area contributed by atoms with Gasteiger partial charge in [0.2, 0.25) is 0 Å². The van der Waals surface area contributed by atoms with Crippen molar-refractivity contribution < 1.29 is 28.6 Å². The summed E-state index contributed by atoms with van der Waals surface area (Å²) in [5.41, 5.74) is 0. The fourth-order valence-corrected chi connectivity index (χ4v) is 9.68. The van der Waals surface area contributed by atoms with E-state index in [9.17, 15) is 14.4 Å². The van der Waals surface area contributed by atoms with Crippen molar-refractivity contribution in [1.29, 1.82) is 0 Å². The normalized spacial score (nSPS) is 12.9. The summed E-state index contributed by atoms with van der Waals surface area (Å²) < 4.78 is 17.0. The van der Waals surface area contributed by atoms with Crippen molar-refractivity contribution in [3.63, 3.8) is 0 Å². The second-order valence-electron chi connectivity index (χ2n) is 23.1. The Labute approximate surface area is 513 Å². The minimum absolute atomic E-state index is 0.0969. The van der Waals surface area contributed by atoms with E-state index >= 15 is 0 Å². The molecule has 6 heteroatoms. The van der Waals surface area contributed by atoms with Crippen molar-refractivity contribution in [3.05, 3.63) is 122 Å². The van der Waals surface area contributed by atoms with E-state index in [2.05, 4.69) is 142 Å². The van der Waals surface area contributed by atoms with Crippen LogP contribution in [0.25, 0.3) is 0 Å². The largest absolute Gasteiger partial charge is 0.462 e. The number of rotatable bonds is 63. The molecule has 0 aliphatic heterocycles. The Morgan fingerprint density at radius 3 is 0.771 bits per heavy atom. The third-order valence-corrected chi connectivity index (χ3v) is 14.9. The van der Waals surface area contributed by atoms with Crippen LogP contribution in [0.1, 0.15) is 329 Å². The van der Waals surface area contributed by atoms with Crippen LogP contribution in [-0.2, 0) is 28.6 Å². The van der Waals surface area contributed by atoms with Crippen LogP contribution >= 0.6 is 0 Å². The van der Waals surface area contributed by atoms with Gasteiger partial charge in [-0.15, -0.1) is 0 Å². The molecule has 0 spiro atoms. The Morgan fingerprint density at radius 2 is 0.470 bits per heavy atom. The first-order chi connectivity index (χ1) is 41.0. The van der Waals surface area contributed by atoms with Gasteiger partial charge in [-0.3, -0.25) is 14.4 Å². The Hall–Kier alpha value is -4.19. The van der Waals surface area contributed by atoms with Gasteiger partial charge in [-0.1, -0.05) is 296 Å². The van der Waals surface area contributed by atoms with Gasteiger partial charge in [-0.25, -0.2) is 0 Å². The fraction of sp³-hybridized carbons (Fsp3) is 0.701. The summed E-state index contributed by atoms with van der Waals surface area (Å²) in [6.45, 7) is 6.48. The molecule has 83 heavy (non-hydrogen) atoms. The average Bonchev–Trinajstić information content (AvgIpc) is 3.50. The number of carbonyl (C=O) groups excluding carboxylic acids is 3. The number of carbonyl (C=O) groups is 3. The van der Waals surface area contributed by atoms with Crippen molar-refractivity contribution in [3.8, 4) is 0 Å². The molecule has 0 N–H and O–H groups in total. The lowest BCUT2D eigenvalue weighted by atomic mass is 10.0. The molecule has 0 heterocycles. The molecule has 0 saturated heterocycles. The fourth-order valence-electron chi connectivity index (χ4n) is 9.68. The molecule has 474 valence electrons. The standard InChI is InChI=1S/C77H130O6/c1-4-7-10-13-16-19-22-25-28-31-34-35-36-37-38-39-40-41-44-46-49-52-55-58-61-64-67-70-76(79)82-73-74(83-77(80)71-68-65-62-59-56-53-50-47-43-33-30-27-24-21-18-15-12-9-6-3)72-81-75(78)69-66-63-60-57-54-51-48-45-42-32-29-26-23-20-17-14-11-8-5-2/h9,12,17-18,20-22,25-27,29-31,34,42-43,45,47,53,56,74H,4-8,10-11,13-16,19,23-24,28,32-33,35-41,44,46,48-52,54-55,57-73H2,1-3H3/b12-9-,20-17-,21-18-,25-22-,29-26-,30-27-,34-31-,45-42-,47-43-,56-53-. The highest BCUT2D eigenvalue weighted by Gasteiger charge is 2.19. The topological polar surface area (TPSA) is 78.9 Å². The van der Waals surface area contributed by atoms with Crippen LogP contribution in [-0.4, -0.2) is 37.2 Å². The molecule has 0 saturated carbocycles. The third-order valence-electron chi connectivity index (χ3n) is 14.9. The van der Waals surface area contributed by atoms with E-state index < -0.39 is 6.10 Å². The summed E-state index contributed by atoms with van der Waals surface area (Å²) in [5, 5.41) is 0. The van der Waals surface area contributed by atoms with Gasteiger partial charge in [0.05, 0.1) is 0 Å². The summed E-state index contributed by atoms with van der Waals surface area (Å²) in [4.78, 5) is 38.5. The second kappa shape index (κ2) is 70.3. The molecular formula is C77H130O6. The first kappa shape index (κ1) is 78.8. The average molecular weight is 1150 g/mol. The molecule has 0 aromatic rings. The number of hydrogen-bond acceptors (Lipinski definition) is 6. The summed E-state index contributed by atoms with van der Waals surface area (Å²) in [6, 6.07) is 0. The Morgan fingerprint density at radius 1 is 0.253 bits per heavy atom. The molecule has 0 aromatic carbocycles. The van der Waals surface area contributed by atoms with Crippen LogP contribution in [0, 0.1) is 0 Å². The molecule has 0 amide bonds. The first-order valence-corrected chi connectivity index (χ1v) is 35.0. The highest BCUT2D eigenvalue weighted by Crippen LogP contribution is 2.16. The Kier molecular flexibility index (Phi) is 66.7. The minimum atomic E-state index is -0.806. The lowest BCUT2D eigenvalue weighted by Crippen LogP contribution is -2.30. The van der Waals surface area contributed by atoms with Gasteiger partial charge in [0.25, 0.3) is 0 Å². The highest BCUT2D eigenvalue weighted by atomic mass is 16.6. The molecule has 1 atom stereocenters. The maximum Gasteiger partial charge on any atom is 0.306 e. The summed E-state index contributed by atoms with van der Waals surface area (Å²) >= 11 is 0. The maximum absolute atomic E-state index is 12.9. The molecule has 0 aromatic heterocycles. The minimum Gasteiger partial charge on any atom is -0.462 e. The number of unbranched alkanes of at least 4 members (excludes halogenated alkanes) is 32. The van der Waals surface area contributed by atoms with Gasteiger partial charge in [0, 0.05) is 19.3 Å². The Balaban J connectivity index is 4.40. The van der Waals surface area contributed by atoms with E-state index in [1.165, 1.54) is 161 Å². The summed E-state index contributed by atoms with van der Waals surface area (Å²) in [5.74, 6) is -0.933. The molecule has 6 nitrogen and oxygen atoms in total. The third kappa shape index (κ3) is 68.5. The van der Waals surface area contributed by atoms with Gasteiger partial charge in [0.15, 0.2) is 6.10 Å². The van der Waals surface area contributed by atoms with Crippen molar-refractivity contribution in [2.45, 2.75) is 335 Å². The smallest absolute Gasteiger partial charge is 0.306 e. The molecule has 0 radical (unpaired) electrons. The highest BCUT2D eigenvalue weighted by molar-refractivity contribution is 5.71. The maximum atomic E-state index is 12.9. The quantitative estimate of drug-likeness (QED) is 0.0261. The van der Waals surface area contributed by atoms with Gasteiger partial charge in [-0.2, -0.15) is 0 Å². The predicted molar refractivity (Wildman–Crippen MR) is 362 cm³/mol. The first-order valence-electron chi connectivity index (χ1n) is 35.0. The lowest BCUT2D eigenvalue weighted by molar-refractivity contribution is -0.167. The van der Waals surface area contributed by atoms with Crippen LogP contribution in [0.4, 0.5) is 0 Å². The molecule has 0 aliphatic rings. The predicted octanol–water partition coefficient (Wildman–Crippen LogP) is 24.3. The number of esters is 3. The van der Waals surface area contributed by atoms with Crippen LogP contribution in [0.2, 0.25) is 0 Å². The number of hydrogen-bond donors (Lipinski definition) is 0. The molecule has 0 aliphatic carbocycles. The molecule has 1 unspecified atom stereocenters. The van der Waals surface area contributed by atoms with E-state index in [0.29, 0.717) is 12.8 Å². The SMILES string of the molecule is CC/C=C\C/C=C\C/C=C\C/C=C\C/C=C\CCCCCC(=O)OC(COC(=O)CCCCCCCC/C=C\C/C=C\C/C=C\CCCCC)COC(=O)CCCCCCCCCCCCCCCCC/C=C\C/C=C\CCCCCCC. The Bertz CT molecular complexity index is 1700. The van der Waals surface area contributed by atoms with Crippen molar-refractivity contribution >= 4 is 17.9 Å². The summed E-state index contributed by atoms with van der Waals surface area (Å²) in [6.07, 6.45) is 97.9. The zero-order chi connectivity index (χ0) is 59.9. The van der Waals surface area contributed by atoms with Crippen molar-refractivity contribution in [2.24, 2.45) is 0 Å². The van der Waals surface area contributed by atoms with Gasteiger partial charge in [-0.05, 0) is 135 Å². The van der Waals surface area contributed by atoms with Crippen LogP contribution in [0.15, 0.2) is 122 Å². The van der Waals surface area contributed by atoms with Gasteiger partial charge in [0.1, 0.15) is 13.2 Å². The van der Waals surface area contributed by atoms with Crippen LogP contribution in [0.3, 0.4) is 0 Å². The molecule has 0 rings (SSSR count). The summed E-state index contributed by atoms with van der Waals surface area (Å²) in [7, 11) is 0. The van der Waals surface area contributed by atoms with Gasteiger partial charge < -0.3 is 14.2 Å². The van der Waals surface area contributed by atoms with E-state index in [-0.39, 0.29) is 37.5 Å². The second-order valence-corrected chi connectivity index (χ2v) is 23.1. The van der Waals surface area contributed by atoms with E-state index in [0.717, 1.165) is 128 Å². The van der Waals surface area contributed by atoms with Crippen LogP contribution < -0.4 is 0 Å². The molecule has 0 bridgehead atoms. The zero-order valence-electron chi connectivity index (χ0n) is 54.4. The number of ether oxygens (including phenoxy) is 3. The lowest BCUT2D eigenvalue weighted by Gasteiger charge is -2.18. The molecule has 0 fully saturated rings. The number of allylic oxidation sites excluding steroid dienone is 20.